The Morgan fingerprint density at radius 1 is 1.41 bits per heavy atom. The molecule has 17 heavy (non-hydrogen) atoms. The van der Waals surface area contributed by atoms with Crippen LogP contribution in [0.1, 0.15) is 31.2 Å². The van der Waals surface area contributed by atoms with Crippen molar-refractivity contribution in [3.05, 3.63) is 42.1 Å². The lowest BCUT2D eigenvalue weighted by Gasteiger charge is -2.03. The zero-order chi connectivity index (χ0) is 11.4. The van der Waals surface area contributed by atoms with Crippen LogP contribution in [-0.4, -0.2) is 9.78 Å². The zero-order valence-electron chi connectivity index (χ0n) is 10.1. The highest BCUT2D eigenvalue weighted by molar-refractivity contribution is 5.85. The number of halogens is 1. The van der Waals surface area contributed by atoms with Gasteiger partial charge in [0.1, 0.15) is 5.76 Å². The average molecular weight is 256 g/mol. The zero-order valence-corrected chi connectivity index (χ0v) is 10.9. The van der Waals surface area contributed by atoms with Gasteiger partial charge in [-0.3, -0.25) is 4.68 Å². The average Bonchev–Trinajstić information content (AvgIpc) is 2.87. The third-order valence-corrected chi connectivity index (χ3v) is 2.39. The van der Waals surface area contributed by atoms with E-state index in [1.54, 1.807) is 6.26 Å². The van der Waals surface area contributed by atoms with Gasteiger partial charge in [0.2, 0.25) is 0 Å². The first-order valence-electron chi connectivity index (χ1n) is 5.52. The summed E-state index contributed by atoms with van der Waals surface area (Å²) in [6.07, 6.45) is 5.66. The minimum atomic E-state index is 0. The van der Waals surface area contributed by atoms with Gasteiger partial charge in [-0.2, -0.15) is 5.10 Å². The van der Waals surface area contributed by atoms with E-state index in [2.05, 4.69) is 30.5 Å². The van der Waals surface area contributed by atoms with Gasteiger partial charge in [-0.05, 0) is 26.0 Å². The van der Waals surface area contributed by atoms with Crippen LogP contribution in [0.2, 0.25) is 0 Å². The van der Waals surface area contributed by atoms with Gasteiger partial charge >= 0.3 is 0 Å². The molecule has 0 saturated carbocycles. The lowest BCUT2D eigenvalue weighted by Crippen LogP contribution is -2.11. The molecule has 0 bridgehead atoms. The predicted molar refractivity (Wildman–Crippen MR) is 69.1 cm³/mol. The minimum absolute atomic E-state index is 0. The van der Waals surface area contributed by atoms with E-state index in [0.717, 1.165) is 18.8 Å². The summed E-state index contributed by atoms with van der Waals surface area (Å²) in [4.78, 5) is 0. The summed E-state index contributed by atoms with van der Waals surface area (Å²) in [6.45, 7) is 5.80. The number of hydrogen-bond acceptors (Lipinski definition) is 3. The van der Waals surface area contributed by atoms with Crippen molar-refractivity contribution in [1.82, 2.24) is 15.1 Å². The van der Waals surface area contributed by atoms with Crippen molar-refractivity contribution in [1.29, 1.82) is 0 Å². The number of nitrogens with one attached hydrogen (secondary N) is 1. The quantitative estimate of drug-likeness (QED) is 0.893. The fraction of sp³-hybridized carbons (Fsp3) is 0.417. The third kappa shape index (κ3) is 3.91. The maximum atomic E-state index is 5.23. The molecular formula is C12H18ClN3O. The van der Waals surface area contributed by atoms with Crippen molar-refractivity contribution >= 4 is 12.4 Å². The molecule has 0 fully saturated rings. The maximum absolute atomic E-state index is 5.23. The van der Waals surface area contributed by atoms with Gasteiger partial charge in [0.15, 0.2) is 0 Å². The van der Waals surface area contributed by atoms with Gasteiger partial charge in [0, 0.05) is 24.3 Å². The molecule has 0 amide bonds. The maximum Gasteiger partial charge on any atom is 0.117 e. The van der Waals surface area contributed by atoms with Crippen LogP contribution in [0.4, 0.5) is 0 Å². The number of nitrogens with zero attached hydrogens (tertiary/aromatic N) is 2. The van der Waals surface area contributed by atoms with Crippen LogP contribution in [0.25, 0.3) is 0 Å². The first-order chi connectivity index (χ1) is 7.75. The van der Waals surface area contributed by atoms with E-state index in [1.807, 2.05) is 23.0 Å². The number of rotatable bonds is 5. The molecule has 0 radical (unpaired) electrons. The molecule has 4 nitrogen and oxygen atoms in total. The van der Waals surface area contributed by atoms with E-state index in [-0.39, 0.29) is 12.4 Å². The van der Waals surface area contributed by atoms with Crippen LogP contribution < -0.4 is 5.32 Å². The van der Waals surface area contributed by atoms with E-state index in [0.29, 0.717) is 6.04 Å². The van der Waals surface area contributed by atoms with E-state index < -0.39 is 0 Å². The summed E-state index contributed by atoms with van der Waals surface area (Å²) < 4.78 is 7.19. The first kappa shape index (κ1) is 13.8. The molecule has 0 aliphatic heterocycles. The minimum Gasteiger partial charge on any atom is -0.468 e. The molecule has 0 aliphatic rings. The van der Waals surface area contributed by atoms with Gasteiger partial charge in [-0.15, -0.1) is 12.4 Å². The fourth-order valence-electron chi connectivity index (χ4n) is 1.49. The van der Waals surface area contributed by atoms with Crippen LogP contribution in [0.5, 0.6) is 0 Å². The largest absolute Gasteiger partial charge is 0.468 e. The molecule has 0 unspecified atom stereocenters. The summed E-state index contributed by atoms with van der Waals surface area (Å²) in [5, 5.41) is 7.59. The van der Waals surface area contributed by atoms with E-state index in [4.69, 9.17) is 4.42 Å². The molecule has 2 rings (SSSR count). The van der Waals surface area contributed by atoms with Crippen LogP contribution in [0, 0.1) is 0 Å². The topological polar surface area (TPSA) is 43.0 Å². The van der Waals surface area contributed by atoms with Crippen LogP contribution in [-0.2, 0) is 13.1 Å². The molecule has 0 aliphatic carbocycles. The Bertz CT molecular complexity index is 423. The fourth-order valence-corrected chi connectivity index (χ4v) is 1.49. The van der Waals surface area contributed by atoms with Gasteiger partial charge in [0.25, 0.3) is 0 Å². The van der Waals surface area contributed by atoms with E-state index in [1.165, 1.54) is 5.56 Å². The lowest BCUT2D eigenvalue weighted by molar-refractivity contribution is 0.482. The first-order valence-corrected chi connectivity index (χ1v) is 5.52. The molecule has 94 valence electrons. The Labute approximate surface area is 107 Å². The van der Waals surface area contributed by atoms with Gasteiger partial charge in [-0.25, -0.2) is 0 Å². The van der Waals surface area contributed by atoms with Crippen molar-refractivity contribution in [2.45, 2.75) is 33.0 Å². The summed E-state index contributed by atoms with van der Waals surface area (Å²) in [5.41, 5.74) is 1.19. The number of aromatic nitrogens is 2. The Morgan fingerprint density at radius 2 is 2.24 bits per heavy atom. The number of hydrogen-bond donors (Lipinski definition) is 1. The summed E-state index contributed by atoms with van der Waals surface area (Å²) in [5.74, 6) is 0.955. The van der Waals surface area contributed by atoms with Crippen molar-refractivity contribution in [3.63, 3.8) is 0 Å². The Morgan fingerprint density at radius 3 is 2.82 bits per heavy atom. The normalized spacial score (nSPS) is 10.5. The molecule has 0 saturated heterocycles. The third-order valence-electron chi connectivity index (χ3n) is 2.39. The highest BCUT2D eigenvalue weighted by Crippen LogP contribution is 2.05. The van der Waals surface area contributed by atoms with E-state index >= 15 is 0 Å². The second kappa shape index (κ2) is 6.47. The smallest absolute Gasteiger partial charge is 0.117 e. The van der Waals surface area contributed by atoms with Gasteiger partial charge in [0.05, 0.1) is 19.0 Å². The molecule has 0 atom stereocenters. The molecule has 5 heteroatoms. The molecule has 2 aromatic heterocycles. The van der Waals surface area contributed by atoms with Crippen LogP contribution in [0.15, 0.2) is 35.2 Å². The predicted octanol–water partition coefficient (Wildman–Crippen LogP) is 2.77. The van der Waals surface area contributed by atoms with Crippen molar-refractivity contribution in [2.75, 3.05) is 0 Å². The SMILES string of the molecule is CC(C)n1cc(CNCc2ccco2)cn1.Cl. The van der Waals surface area contributed by atoms with Gasteiger partial charge < -0.3 is 9.73 Å². The molecule has 0 aromatic carbocycles. The lowest BCUT2D eigenvalue weighted by atomic mass is 10.3. The molecule has 0 spiro atoms. The molecule has 2 aromatic rings. The molecule has 1 N–H and O–H groups in total. The van der Waals surface area contributed by atoms with Crippen molar-refractivity contribution in [2.24, 2.45) is 0 Å². The summed E-state index contributed by atoms with van der Waals surface area (Å²) in [7, 11) is 0. The van der Waals surface area contributed by atoms with Gasteiger partial charge in [-0.1, -0.05) is 0 Å². The monoisotopic (exact) mass is 255 g/mol. The molecular weight excluding hydrogens is 238 g/mol. The summed E-state index contributed by atoms with van der Waals surface area (Å²) in [6, 6.07) is 4.28. The van der Waals surface area contributed by atoms with Crippen molar-refractivity contribution in [3.8, 4) is 0 Å². The standard InChI is InChI=1S/C12H17N3O.ClH/c1-10(2)15-9-11(7-14-15)6-13-8-12-4-3-5-16-12;/h3-5,7,9-10,13H,6,8H2,1-2H3;1H. The molecule has 2 heterocycles. The Kier molecular flexibility index (Phi) is 5.25. The van der Waals surface area contributed by atoms with Crippen molar-refractivity contribution < 1.29 is 4.42 Å². The second-order valence-corrected chi connectivity index (χ2v) is 4.11. The summed E-state index contributed by atoms with van der Waals surface area (Å²) >= 11 is 0. The van der Waals surface area contributed by atoms with Crippen LogP contribution >= 0.6 is 12.4 Å². The number of furan rings is 1. The Balaban J connectivity index is 0.00000144. The second-order valence-electron chi connectivity index (χ2n) is 4.11. The highest BCUT2D eigenvalue weighted by atomic mass is 35.5. The highest BCUT2D eigenvalue weighted by Gasteiger charge is 2.01. The van der Waals surface area contributed by atoms with E-state index in [9.17, 15) is 0 Å². The van der Waals surface area contributed by atoms with Crippen LogP contribution in [0.3, 0.4) is 0 Å². The Hall–Kier alpha value is -1.26.